The number of halogens is 1. The van der Waals surface area contributed by atoms with Crippen LogP contribution in [0.4, 0.5) is 25.8 Å². The SMILES string of the molecule is C.C.C.CC(=O)C12CCC(N)(CC1)CC2.CC(=O)C12CCC(N)(CC1)CC2.CC(=O)C12CCC(n3ncc(C(=O)O)c3C)(CC1)CC2.CC(=O)C12CCC(n3ncc(C(=O)OCc4ccccc4)c3C)(CC1)CC2.CC(C)(C)OC(N)=O.Cl.N.[2H-].[2H-].[2H-].[2H-].[2H-].[2H-].[2H-].[2H-].[2H][2H].[2H][2H].[2H][2H].[2H][2H].[2H][2H].[2H][2H].[2H][2H].[2H][2H].[2H][2H].[2H][2H].[2H][2H].[2H][2H].[2H][2H].[2H][2H].[2H][2H].[2H][2H].[2H][2H].[2H][2H].[2H][2H].[2H][2H].[2H][2H].[2H][2H].[2H][2H].[2H][2H].[C-]#[N+]c1ccc(C2ON2C(=O)OC(C)(C)C)cc1.[C-]#[N+]c1ccc(C=NC(=O)OC(C)(C)C)cc1. The average Bonchev–Trinajstić information content (AvgIpc) is 1.66. The second-order valence-corrected chi connectivity index (χ2v) is 35.9. The summed E-state index contributed by atoms with van der Waals surface area (Å²) in [6.45, 7) is 40.7. The minimum absolute atomic E-state index is 0. The van der Waals surface area contributed by atoms with Gasteiger partial charge in [-0.05, 0) is 269 Å². The van der Waals surface area contributed by atoms with Gasteiger partial charge in [0.1, 0.15) is 57.7 Å². The maximum atomic E-state index is 12.6. The molecule has 13 fully saturated rings. The van der Waals surface area contributed by atoms with Crippen LogP contribution in [0.25, 0.3) is 9.69 Å². The van der Waals surface area contributed by atoms with E-state index in [1.165, 1.54) is 17.5 Å². The maximum absolute atomic E-state index is 12.6. The maximum Gasteiger partial charge on any atom is 0.437 e. The Hall–Kier alpha value is -9.51. The minimum atomic E-state index is -0.921. The van der Waals surface area contributed by atoms with E-state index in [-0.39, 0.29) is 114 Å². The lowest BCUT2D eigenvalue weighted by Crippen LogP contribution is -2.53. The van der Waals surface area contributed by atoms with Crippen LogP contribution < -0.4 is 23.4 Å². The topological polar surface area (TPSA) is 396 Å². The summed E-state index contributed by atoms with van der Waals surface area (Å²) < 4.78 is 264. The Bertz CT molecular complexity index is 4450. The third-order valence-electron chi connectivity index (χ3n) is 25.0. The highest BCUT2D eigenvalue weighted by Gasteiger charge is 2.55. The fourth-order valence-electron chi connectivity index (χ4n) is 17.3. The van der Waals surface area contributed by atoms with Gasteiger partial charge in [-0.25, -0.2) is 38.5 Å². The molecular formula is C91H191ClN12O15-8. The van der Waals surface area contributed by atoms with E-state index in [9.17, 15) is 43.2 Å². The number of hydroxylamine groups is 2. The molecule has 3 heterocycles. The van der Waals surface area contributed by atoms with Gasteiger partial charge in [0.2, 0.25) is 6.23 Å². The van der Waals surface area contributed by atoms with Gasteiger partial charge in [-0.3, -0.25) is 28.5 Å². The molecule has 3 amide bonds. The van der Waals surface area contributed by atoms with Crippen LogP contribution in [-0.4, -0.2) is 117 Å². The van der Waals surface area contributed by atoms with Crippen molar-refractivity contribution in [1.29, 1.82) is 0 Å². The lowest BCUT2D eigenvalue weighted by Gasteiger charge is -2.52. The number of carboxylic acids is 1. The Labute approximate surface area is 797 Å². The molecule has 0 spiro atoms. The van der Waals surface area contributed by atoms with E-state index < -0.39 is 47.3 Å². The smallest absolute Gasteiger partial charge is 0.437 e. The van der Waals surface area contributed by atoms with Crippen molar-refractivity contribution in [2.24, 2.45) is 43.9 Å². The first-order valence-electron chi connectivity index (χ1n) is 63.8. The number of primary amides is 1. The van der Waals surface area contributed by atoms with Gasteiger partial charge in [-0.1, -0.05) is 101 Å². The molecule has 1 unspecified atom stereocenters. The molecule has 720 valence electrons. The zero-order chi connectivity index (χ0) is 132. The molecule has 8 bridgehead atoms. The van der Waals surface area contributed by atoms with Crippen molar-refractivity contribution < 1.29 is 155 Å². The van der Waals surface area contributed by atoms with E-state index in [4.69, 9.17) is 126 Å². The van der Waals surface area contributed by atoms with Crippen LogP contribution in [0.2, 0.25) is 0 Å². The molecule has 27 nitrogen and oxygen atoms in total. The van der Waals surface area contributed by atoms with Crippen molar-refractivity contribution in [3.8, 4) is 0 Å². The monoisotopic (exact) mass is 1780 g/mol. The van der Waals surface area contributed by atoms with Gasteiger partial charge in [0.25, 0.3) is 0 Å². The van der Waals surface area contributed by atoms with E-state index in [0.29, 0.717) is 40.1 Å². The number of hydrogen-bond donors (Lipinski definition) is 5. The summed E-state index contributed by atoms with van der Waals surface area (Å²) in [5, 5.41) is 19.3. The Morgan fingerprint density at radius 2 is 0.882 bits per heavy atom. The van der Waals surface area contributed by atoms with Crippen LogP contribution in [0.15, 0.2) is 96.2 Å². The molecule has 13 aliphatic rings. The Morgan fingerprint density at radius 3 is 1.19 bits per heavy atom. The second kappa shape index (κ2) is 41.6. The fraction of sp³-hybridized carbons (Fsp3) is 0.604. The van der Waals surface area contributed by atoms with Crippen LogP contribution in [-0.2, 0) is 60.6 Å². The number of amides is 3. The molecule has 1 saturated heterocycles. The van der Waals surface area contributed by atoms with E-state index in [1.54, 1.807) is 145 Å². The molecule has 28 heteroatoms. The molecule has 1 atom stereocenters. The molecule has 18 rings (SSSR count). The van der Waals surface area contributed by atoms with Gasteiger partial charge < -0.3 is 58.8 Å². The number of Topliss-reactive ketones (excluding diaryl/α,β-unsaturated/α-hetero) is 4. The lowest BCUT2D eigenvalue weighted by atomic mass is 9.56. The summed E-state index contributed by atoms with van der Waals surface area (Å²) in [6.07, 6.45) is 26.0. The molecule has 12 aliphatic carbocycles. The Balaban J connectivity index is -0.0000000473. The number of aliphatic imine (C=N–C) groups is 1. The first-order valence-corrected chi connectivity index (χ1v) is 39.8. The number of carboxylic acid groups (broad SMARTS) is 1. The van der Waals surface area contributed by atoms with Crippen molar-refractivity contribution in [3.05, 3.63) is 153 Å². The molecule has 1 aliphatic heterocycles. The van der Waals surface area contributed by atoms with Gasteiger partial charge in [0.05, 0.1) is 48.0 Å². The summed E-state index contributed by atoms with van der Waals surface area (Å²) in [5.74, 6) is 0.180. The number of carbonyl (C=O) groups excluding carboxylic acids is 8. The quantitative estimate of drug-likeness (QED) is 0.0255. The van der Waals surface area contributed by atoms with Crippen LogP contribution in [0.3, 0.4) is 0 Å². The van der Waals surface area contributed by atoms with E-state index in [2.05, 4.69) is 29.6 Å². The molecule has 119 heavy (non-hydrogen) atoms. The number of fused-ring (bicyclic) bond motifs is 12. The van der Waals surface area contributed by atoms with Crippen molar-refractivity contribution in [1.82, 2.24) is 30.8 Å². The standard InChI is InChI=1S/C22H26N2O3.C15H20N2O3.C13H14N2O3.C13H14N2O2.2C10H17NO.C5H11NO2.3CH4.ClH.H3N.24H2.8H/c1-16-19(20(26)27-15-18-6-4-3-5-7-18)14-23-24(16)22-11-8-21(9-12-22,10-13-22)17(2)25;1-10-12(13(19)20)9-16-17(10)15-6-3-14(4-7-15,5-8-15)11(2)18;1-13(2,3)17-12(16)15-11(18-15)9-5-7-10(14-4)8-6-9;1-13(2,3)17-12(16)15-9-10-5-7-11(14-4)8-6-10;2*1-8(12)9-2-5-10(11,6-3-9)7-4-9;1-5(2,3)8-4(6)7;;;;;;;;;;;;;;;;;;;;;;;;;;;;;;;;;;;;;/h3-7,14H,8-13,15H2,1-2H3;9H,3-8H2,1-2H3,(H,19,20);5-8,11H,1-3H3;5-9H,1-3H3;2*2-7,11H2,1H3;1-3H3,(H2,6,7);3*1H4;1H;1H3;24*1H;;;;;;;;/q;;;;;;;;;;;;;;;;;;;;;;;;;;;;;;;;;;;;8*-1/i;;;;;;;;;;;;24*1+1D;8*1+1. The normalized spacial score (nSPS) is 27.5. The number of nitrogens with two attached hydrogens (primary N) is 3. The van der Waals surface area contributed by atoms with Crippen molar-refractivity contribution in [2.45, 2.75) is 332 Å². The molecule has 10 N–H and O–H groups in total. The van der Waals surface area contributed by atoms with Gasteiger partial charge in [-0.2, -0.15) is 15.2 Å². The predicted octanol–water partition coefficient (Wildman–Crippen LogP) is 27.2. The van der Waals surface area contributed by atoms with E-state index in [1.807, 2.05) is 53.5 Å². The third-order valence-corrected chi connectivity index (χ3v) is 25.0. The summed E-state index contributed by atoms with van der Waals surface area (Å²) in [7, 11) is 0. The van der Waals surface area contributed by atoms with Gasteiger partial charge in [-0.15, -0.1) is 17.5 Å². The first-order chi connectivity index (χ1) is 77.2. The Kier molecular flexibility index (Phi) is 24.6. The summed E-state index contributed by atoms with van der Waals surface area (Å²) >= 11 is 0. The number of esters is 1. The van der Waals surface area contributed by atoms with Gasteiger partial charge >= 0.3 is 30.2 Å². The second-order valence-electron chi connectivity index (χ2n) is 35.9. The zero-order valence-corrected chi connectivity index (χ0v) is 71.4. The number of rotatable bonds is 12. The van der Waals surface area contributed by atoms with Crippen LogP contribution in [0.1, 0.15) is 404 Å². The third kappa shape index (κ3) is 26.5. The molecule has 0 radical (unpaired) electrons. The van der Waals surface area contributed by atoms with Crippen LogP contribution in [0.5, 0.6) is 0 Å². The molecular weight excluding hydrogens is 1540 g/mol. The number of hydrogen-bond acceptors (Lipinski definition) is 19. The van der Waals surface area contributed by atoms with Gasteiger partial charge in [0, 0.05) is 116 Å². The van der Waals surface area contributed by atoms with E-state index in [0.717, 1.165) is 182 Å². The number of carbonyl (C=O) groups is 9. The van der Waals surface area contributed by atoms with Crippen LogP contribution in [0, 0.1) is 48.7 Å². The highest BCUT2D eigenvalue weighted by molar-refractivity contribution is 5.91. The molecule has 12 saturated carbocycles. The van der Waals surface area contributed by atoms with E-state index >= 15 is 0 Å². The average molecular weight is 1790 g/mol. The number of aromatic nitrogens is 4. The summed E-state index contributed by atoms with van der Waals surface area (Å²) in [6, 6.07) is 23.4. The molecule has 3 aromatic carbocycles. The minimum Gasteiger partial charge on any atom is -1.00 e. The predicted molar refractivity (Wildman–Crippen MR) is 523 cm³/mol. The number of nitrogens with zero attached hydrogens (tertiary/aromatic N) is 8. The van der Waals surface area contributed by atoms with Crippen LogP contribution >= 0.6 is 12.4 Å². The number of benzene rings is 3. The largest absolute Gasteiger partial charge is 1.00 e. The lowest BCUT2D eigenvalue weighted by molar-refractivity contribution is -0.136. The highest BCUT2D eigenvalue weighted by atomic mass is 35.5. The number of ketones is 4. The molecule has 2 aromatic heterocycles. The van der Waals surface area contributed by atoms with Crippen molar-refractivity contribution in [2.75, 3.05) is 0 Å². The molecule has 5 aromatic rings. The first kappa shape index (κ1) is 70.2. The van der Waals surface area contributed by atoms with Crippen molar-refractivity contribution in [3.63, 3.8) is 0 Å². The van der Waals surface area contributed by atoms with Crippen molar-refractivity contribution >= 4 is 83.3 Å². The summed E-state index contributed by atoms with van der Waals surface area (Å²) in [4.78, 5) is 119. The fourth-order valence-corrected chi connectivity index (χ4v) is 17.3. The summed E-state index contributed by atoms with van der Waals surface area (Å²) in [5.41, 5.74) is 21.5. The van der Waals surface area contributed by atoms with Gasteiger partial charge in [0.15, 0.2) is 11.4 Å². The highest BCUT2D eigenvalue weighted by Crippen LogP contribution is 2.58. The Morgan fingerprint density at radius 1 is 0.546 bits per heavy atom. The number of aromatic carboxylic acids is 1. The zero-order valence-electron chi connectivity index (χ0n) is 127. The number of ether oxygens (including phenoxy) is 4.